The third-order valence-corrected chi connectivity index (χ3v) is 3.15. The maximum atomic E-state index is 13.0. The summed E-state index contributed by atoms with van der Waals surface area (Å²) in [5.41, 5.74) is 4.95. The summed E-state index contributed by atoms with van der Waals surface area (Å²) in [6, 6.07) is 3.63. The Morgan fingerprint density at radius 1 is 1.40 bits per heavy atom. The third kappa shape index (κ3) is 2.65. The van der Waals surface area contributed by atoms with E-state index in [4.69, 9.17) is 5.73 Å². The lowest BCUT2D eigenvalue weighted by Crippen LogP contribution is -2.36. The van der Waals surface area contributed by atoms with Gasteiger partial charge in [0.2, 0.25) is 0 Å². The zero-order valence-electron chi connectivity index (χ0n) is 8.36. The number of rotatable bonds is 3. The van der Waals surface area contributed by atoms with Crippen molar-refractivity contribution in [3.05, 3.63) is 24.0 Å². The highest BCUT2D eigenvalue weighted by Crippen LogP contribution is 2.20. The van der Waals surface area contributed by atoms with Gasteiger partial charge < -0.3 is 5.73 Å². The van der Waals surface area contributed by atoms with E-state index in [9.17, 15) is 12.8 Å². The van der Waals surface area contributed by atoms with E-state index in [0.717, 1.165) is 6.07 Å². The molecule has 0 radical (unpaired) electrons. The van der Waals surface area contributed by atoms with E-state index < -0.39 is 15.8 Å². The summed E-state index contributed by atoms with van der Waals surface area (Å²) < 4.78 is 36.2. The van der Waals surface area contributed by atoms with Crippen molar-refractivity contribution in [3.63, 3.8) is 0 Å². The summed E-state index contributed by atoms with van der Waals surface area (Å²) in [7, 11) is -0.788. The Morgan fingerprint density at radius 2 is 2.00 bits per heavy atom. The minimum atomic E-state index is -3.80. The second kappa shape index (κ2) is 4.13. The molecule has 0 spiro atoms. The zero-order valence-corrected chi connectivity index (χ0v) is 9.18. The standard InChI is InChI=1S/C8H12FN3O2S/c1-12(2)11-15(13,14)7-5-3-4-6(9)8(7)10/h3-5,11H,10H2,1-2H3. The fourth-order valence-electron chi connectivity index (χ4n) is 1.04. The number of benzene rings is 1. The molecule has 0 saturated carbocycles. The Hall–Kier alpha value is -1.18. The Balaban J connectivity index is 3.22. The molecule has 1 rings (SSSR count). The highest BCUT2D eigenvalue weighted by Gasteiger charge is 2.19. The first-order chi connectivity index (χ1) is 6.84. The van der Waals surface area contributed by atoms with Crippen LogP contribution >= 0.6 is 0 Å². The molecule has 15 heavy (non-hydrogen) atoms. The molecule has 0 unspecified atom stereocenters. The molecule has 1 aromatic carbocycles. The highest BCUT2D eigenvalue weighted by molar-refractivity contribution is 7.89. The van der Waals surface area contributed by atoms with Crippen LogP contribution in [0.1, 0.15) is 0 Å². The molecular weight excluding hydrogens is 221 g/mol. The van der Waals surface area contributed by atoms with Gasteiger partial charge in [-0.15, -0.1) is 4.83 Å². The monoisotopic (exact) mass is 233 g/mol. The predicted octanol–water partition coefficient (Wildman–Crippen LogP) is 0.163. The smallest absolute Gasteiger partial charge is 0.255 e. The molecule has 0 saturated heterocycles. The number of hydrazine groups is 1. The number of para-hydroxylation sites is 1. The van der Waals surface area contributed by atoms with Gasteiger partial charge >= 0.3 is 0 Å². The van der Waals surface area contributed by atoms with Crippen molar-refractivity contribution in [3.8, 4) is 0 Å². The highest BCUT2D eigenvalue weighted by atomic mass is 32.2. The van der Waals surface area contributed by atoms with E-state index in [-0.39, 0.29) is 10.6 Å². The molecule has 0 heterocycles. The minimum Gasteiger partial charge on any atom is -0.395 e. The van der Waals surface area contributed by atoms with Gasteiger partial charge in [-0.2, -0.15) is 0 Å². The molecule has 0 aliphatic carbocycles. The van der Waals surface area contributed by atoms with Crippen LogP contribution in [0.5, 0.6) is 0 Å². The van der Waals surface area contributed by atoms with Gasteiger partial charge in [-0.1, -0.05) is 6.07 Å². The lowest BCUT2D eigenvalue weighted by Gasteiger charge is -2.13. The van der Waals surface area contributed by atoms with Gasteiger partial charge in [-0.05, 0) is 12.1 Å². The van der Waals surface area contributed by atoms with Crippen LogP contribution in [0.4, 0.5) is 10.1 Å². The van der Waals surface area contributed by atoms with Crippen LogP contribution in [-0.4, -0.2) is 27.5 Å². The normalized spacial score (nSPS) is 12.0. The Kier molecular flexibility index (Phi) is 3.28. The molecule has 0 atom stereocenters. The average Bonchev–Trinajstić information content (AvgIpc) is 2.07. The van der Waals surface area contributed by atoms with Crippen LogP contribution in [0.15, 0.2) is 23.1 Å². The molecule has 0 aromatic heterocycles. The summed E-state index contributed by atoms with van der Waals surface area (Å²) in [6.07, 6.45) is 0. The van der Waals surface area contributed by atoms with E-state index >= 15 is 0 Å². The largest absolute Gasteiger partial charge is 0.395 e. The van der Waals surface area contributed by atoms with Crippen LogP contribution < -0.4 is 10.6 Å². The summed E-state index contributed by atoms with van der Waals surface area (Å²) in [6.45, 7) is 0. The van der Waals surface area contributed by atoms with Crippen molar-refractivity contribution in [1.29, 1.82) is 0 Å². The third-order valence-electron chi connectivity index (χ3n) is 1.61. The SMILES string of the molecule is CN(C)NS(=O)(=O)c1cccc(F)c1N. The van der Waals surface area contributed by atoms with Gasteiger partial charge in [0.05, 0.1) is 5.69 Å². The number of nitrogen functional groups attached to an aromatic ring is 1. The molecule has 0 bridgehead atoms. The first kappa shape index (κ1) is 11.9. The molecule has 3 N–H and O–H groups in total. The van der Waals surface area contributed by atoms with Crippen LogP contribution in [0.2, 0.25) is 0 Å². The second-order valence-electron chi connectivity index (χ2n) is 3.14. The lowest BCUT2D eigenvalue weighted by atomic mass is 10.3. The van der Waals surface area contributed by atoms with Crippen molar-refractivity contribution in [2.45, 2.75) is 4.90 Å². The Bertz CT molecular complexity index is 459. The van der Waals surface area contributed by atoms with E-state index in [1.807, 2.05) is 0 Å². The van der Waals surface area contributed by atoms with Crippen molar-refractivity contribution in [2.75, 3.05) is 19.8 Å². The number of halogens is 1. The predicted molar refractivity (Wildman–Crippen MR) is 54.8 cm³/mol. The number of nitrogens with two attached hydrogens (primary N) is 1. The summed E-state index contributed by atoms with van der Waals surface area (Å²) in [5.74, 6) is -0.753. The Labute approximate surface area is 87.7 Å². The van der Waals surface area contributed by atoms with Gasteiger partial charge in [0, 0.05) is 14.1 Å². The maximum absolute atomic E-state index is 13.0. The van der Waals surface area contributed by atoms with Gasteiger partial charge in [0.15, 0.2) is 0 Å². The molecule has 5 nitrogen and oxygen atoms in total. The summed E-state index contributed by atoms with van der Waals surface area (Å²) in [5, 5.41) is 1.24. The number of hydrogen-bond acceptors (Lipinski definition) is 4. The quantitative estimate of drug-likeness (QED) is 0.576. The summed E-state index contributed by atoms with van der Waals surface area (Å²) in [4.78, 5) is 1.89. The molecular formula is C8H12FN3O2S. The lowest BCUT2D eigenvalue weighted by molar-refractivity contribution is 0.364. The Morgan fingerprint density at radius 3 is 2.53 bits per heavy atom. The van der Waals surface area contributed by atoms with Gasteiger partial charge in [0.25, 0.3) is 10.0 Å². The first-order valence-corrected chi connectivity index (χ1v) is 5.56. The molecule has 0 fully saturated rings. The average molecular weight is 233 g/mol. The summed E-state index contributed by atoms with van der Waals surface area (Å²) >= 11 is 0. The van der Waals surface area contributed by atoms with Crippen molar-refractivity contribution >= 4 is 15.7 Å². The number of hydrogen-bond donors (Lipinski definition) is 2. The molecule has 1 aromatic rings. The van der Waals surface area contributed by atoms with E-state index in [1.54, 1.807) is 0 Å². The first-order valence-electron chi connectivity index (χ1n) is 4.08. The molecule has 7 heteroatoms. The van der Waals surface area contributed by atoms with Gasteiger partial charge in [0.1, 0.15) is 10.7 Å². The van der Waals surface area contributed by atoms with Crippen molar-refractivity contribution in [2.24, 2.45) is 0 Å². The van der Waals surface area contributed by atoms with E-state index in [2.05, 4.69) is 4.83 Å². The number of nitrogens with zero attached hydrogens (tertiary/aromatic N) is 1. The molecule has 0 amide bonds. The fraction of sp³-hybridized carbons (Fsp3) is 0.250. The van der Waals surface area contributed by atoms with Crippen molar-refractivity contribution < 1.29 is 12.8 Å². The number of nitrogens with one attached hydrogen (secondary N) is 1. The van der Waals surface area contributed by atoms with Crippen molar-refractivity contribution in [1.82, 2.24) is 9.84 Å². The fourth-order valence-corrected chi connectivity index (χ4v) is 2.26. The minimum absolute atomic E-state index is 0.267. The topological polar surface area (TPSA) is 75.4 Å². The number of anilines is 1. The van der Waals surface area contributed by atoms with Crippen LogP contribution in [0, 0.1) is 5.82 Å². The van der Waals surface area contributed by atoms with Crippen LogP contribution in [0.3, 0.4) is 0 Å². The van der Waals surface area contributed by atoms with Gasteiger partial charge in [-0.3, -0.25) is 0 Å². The maximum Gasteiger partial charge on any atom is 0.255 e. The molecule has 84 valence electrons. The van der Waals surface area contributed by atoms with E-state index in [0.29, 0.717) is 0 Å². The number of sulfonamides is 1. The molecule has 0 aliphatic heterocycles. The van der Waals surface area contributed by atoms with Crippen LogP contribution in [-0.2, 0) is 10.0 Å². The van der Waals surface area contributed by atoms with Crippen LogP contribution in [0.25, 0.3) is 0 Å². The zero-order chi connectivity index (χ0) is 11.6. The van der Waals surface area contributed by atoms with E-state index in [1.165, 1.54) is 31.2 Å². The molecule has 0 aliphatic rings. The second-order valence-corrected chi connectivity index (χ2v) is 4.77. The van der Waals surface area contributed by atoms with Gasteiger partial charge in [-0.25, -0.2) is 17.8 Å².